The molecule has 1 amide bonds. The zero-order chi connectivity index (χ0) is 27.1. The van der Waals surface area contributed by atoms with Crippen molar-refractivity contribution in [1.29, 1.82) is 0 Å². The van der Waals surface area contributed by atoms with Crippen molar-refractivity contribution in [1.82, 2.24) is 15.2 Å². The number of anilines is 1. The van der Waals surface area contributed by atoms with Crippen LogP contribution in [-0.2, 0) is 11.3 Å². The van der Waals surface area contributed by atoms with Crippen LogP contribution in [0.25, 0.3) is 0 Å². The Labute approximate surface area is 230 Å². The highest BCUT2D eigenvalue weighted by atomic mass is 35.5. The summed E-state index contributed by atoms with van der Waals surface area (Å²) in [6, 6.07) is 5.96. The van der Waals surface area contributed by atoms with Crippen LogP contribution in [0.3, 0.4) is 0 Å². The number of carbonyl (C=O) groups is 1. The summed E-state index contributed by atoms with van der Waals surface area (Å²) in [6.45, 7) is 10.8. The lowest BCUT2D eigenvalue weighted by Gasteiger charge is -2.37. The van der Waals surface area contributed by atoms with Crippen LogP contribution >= 0.6 is 11.6 Å². The fraction of sp³-hybridized carbons (Fsp3) is 0.533. The molecule has 1 aromatic heterocycles. The predicted octanol–water partition coefficient (Wildman–Crippen LogP) is 4.42. The van der Waals surface area contributed by atoms with Gasteiger partial charge in [-0.1, -0.05) is 42.7 Å². The number of nitrogens with zero attached hydrogens (tertiary/aromatic N) is 2. The van der Waals surface area contributed by atoms with E-state index in [0.717, 1.165) is 62.5 Å². The smallest absolute Gasteiger partial charge is 0.251 e. The van der Waals surface area contributed by atoms with Crippen LogP contribution in [-0.4, -0.2) is 61.2 Å². The monoisotopic (exact) mass is 538 g/mol. The molecule has 0 spiro atoms. The van der Waals surface area contributed by atoms with Crippen molar-refractivity contribution in [3.05, 3.63) is 61.5 Å². The molecule has 7 nitrogen and oxygen atoms in total. The third-order valence-corrected chi connectivity index (χ3v) is 7.89. The standard InChI is InChI=1S/C30H39ClN4O3/c1-4-35(24-10-6-5-7-11-24)27-19-23(9-8-12-34-13-15-38-16-14-34)18-25(22(27)3)30(37)32-20-26-28(36)17-21(2)33-29(26)31/h17-19,24H,4-7,10-16,20H2,1-3H3,(H,32,37)(H,33,36). The lowest BCUT2D eigenvalue weighted by molar-refractivity contribution is 0.0443. The minimum atomic E-state index is -0.240. The molecule has 38 heavy (non-hydrogen) atoms. The summed E-state index contributed by atoms with van der Waals surface area (Å²) in [5.74, 6) is 6.39. The number of aromatic nitrogens is 1. The van der Waals surface area contributed by atoms with E-state index in [9.17, 15) is 9.59 Å². The first-order chi connectivity index (χ1) is 18.4. The number of hydrogen-bond donors (Lipinski definition) is 2. The number of morpholine rings is 1. The SMILES string of the molecule is CCN(c1cc(C#CCN2CCOCC2)cc(C(=O)NCc2c(Cl)[nH]c(C)cc2=O)c1C)C1CCCCC1. The summed E-state index contributed by atoms with van der Waals surface area (Å²) < 4.78 is 5.44. The number of aromatic amines is 1. The fourth-order valence-electron chi connectivity index (χ4n) is 5.44. The molecule has 2 fully saturated rings. The molecule has 1 aromatic carbocycles. The van der Waals surface area contributed by atoms with Crippen LogP contribution in [0.1, 0.15) is 71.8 Å². The molecule has 0 bridgehead atoms. The maximum Gasteiger partial charge on any atom is 0.251 e. The topological polar surface area (TPSA) is 77.7 Å². The number of nitrogens with one attached hydrogen (secondary N) is 2. The van der Waals surface area contributed by atoms with Crippen LogP contribution in [0.4, 0.5) is 5.69 Å². The third kappa shape index (κ3) is 6.99. The number of benzene rings is 1. The fourth-order valence-corrected chi connectivity index (χ4v) is 5.75. The largest absolute Gasteiger partial charge is 0.379 e. The third-order valence-electron chi connectivity index (χ3n) is 7.57. The van der Waals surface area contributed by atoms with Crippen molar-refractivity contribution >= 4 is 23.2 Å². The van der Waals surface area contributed by atoms with E-state index in [4.69, 9.17) is 16.3 Å². The van der Waals surface area contributed by atoms with Crippen molar-refractivity contribution in [2.45, 2.75) is 65.5 Å². The van der Waals surface area contributed by atoms with Gasteiger partial charge in [0.15, 0.2) is 5.43 Å². The van der Waals surface area contributed by atoms with E-state index < -0.39 is 0 Å². The number of amides is 1. The number of aryl methyl sites for hydroxylation is 1. The molecular formula is C30H39ClN4O3. The molecule has 2 aromatic rings. The minimum Gasteiger partial charge on any atom is -0.379 e. The van der Waals surface area contributed by atoms with Crippen molar-refractivity contribution in [3.8, 4) is 11.8 Å². The summed E-state index contributed by atoms with van der Waals surface area (Å²) in [5, 5.41) is 3.18. The number of ether oxygens (including phenoxy) is 1. The molecule has 0 unspecified atom stereocenters. The van der Waals surface area contributed by atoms with Crippen LogP contribution in [0, 0.1) is 25.7 Å². The Morgan fingerprint density at radius 2 is 1.92 bits per heavy atom. The molecule has 8 heteroatoms. The summed E-state index contributed by atoms with van der Waals surface area (Å²) in [7, 11) is 0. The Balaban J connectivity index is 1.63. The van der Waals surface area contributed by atoms with Crippen LogP contribution in [0.2, 0.25) is 5.15 Å². The molecule has 1 saturated carbocycles. The number of hydrogen-bond acceptors (Lipinski definition) is 5. The van der Waals surface area contributed by atoms with Gasteiger partial charge in [-0.05, 0) is 51.3 Å². The molecule has 1 saturated heterocycles. The lowest BCUT2D eigenvalue weighted by atomic mass is 9.92. The van der Waals surface area contributed by atoms with Gasteiger partial charge in [0.25, 0.3) is 5.91 Å². The maximum atomic E-state index is 13.5. The number of pyridine rings is 1. The molecule has 1 aliphatic carbocycles. The van der Waals surface area contributed by atoms with Gasteiger partial charge < -0.3 is 19.9 Å². The van der Waals surface area contributed by atoms with Crippen molar-refractivity contribution in [3.63, 3.8) is 0 Å². The Bertz CT molecular complexity index is 1250. The molecule has 0 radical (unpaired) electrons. The first kappa shape index (κ1) is 28.2. The summed E-state index contributed by atoms with van der Waals surface area (Å²) in [4.78, 5) is 33.6. The molecule has 4 rings (SSSR count). The van der Waals surface area contributed by atoms with Gasteiger partial charge in [0.05, 0.1) is 25.3 Å². The molecule has 2 heterocycles. The van der Waals surface area contributed by atoms with E-state index >= 15 is 0 Å². The molecule has 0 atom stereocenters. The molecule has 2 aliphatic rings. The van der Waals surface area contributed by atoms with E-state index in [-0.39, 0.29) is 23.0 Å². The van der Waals surface area contributed by atoms with Gasteiger partial charge in [-0.25, -0.2) is 0 Å². The number of H-pyrrole nitrogens is 1. The van der Waals surface area contributed by atoms with E-state index in [1.807, 2.05) is 13.0 Å². The van der Waals surface area contributed by atoms with Gasteiger partial charge in [-0.2, -0.15) is 0 Å². The molecule has 204 valence electrons. The number of carbonyl (C=O) groups excluding carboxylic acids is 1. The number of rotatable bonds is 7. The average Bonchev–Trinajstić information content (AvgIpc) is 2.91. The summed E-state index contributed by atoms with van der Waals surface area (Å²) >= 11 is 6.27. The summed E-state index contributed by atoms with van der Waals surface area (Å²) in [6.07, 6.45) is 6.08. The van der Waals surface area contributed by atoms with Gasteiger partial charge in [0, 0.05) is 60.8 Å². The molecule has 2 N–H and O–H groups in total. The van der Waals surface area contributed by atoms with Gasteiger partial charge in [-0.3, -0.25) is 14.5 Å². The highest BCUT2D eigenvalue weighted by molar-refractivity contribution is 6.30. The number of halogens is 1. The zero-order valence-electron chi connectivity index (χ0n) is 22.8. The second-order valence-electron chi connectivity index (χ2n) is 10.2. The van der Waals surface area contributed by atoms with E-state index in [2.05, 4.69) is 44.9 Å². The first-order valence-corrected chi connectivity index (χ1v) is 14.1. The van der Waals surface area contributed by atoms with E-state index in [1.54, 1.807) is 6.92 Å². The highest BCUT2D eigenvalue weighted by Crippen LogP contribution is 2.32. The van der Waals surface area contributed by atoms with Gasteiger partial charge in [-0.15, -0.1) is 0 Å². The normalized spacial score (nSPS) is 16.5. The lowest BCUT2D eigenvalue weighted by Crippen LogP contribution is -2.37. The first-order valence-electron chi connectivity index (χ1n) is 13.7. The predicted molar refractivity (Wildman–Crippen MR) is 153 cm³/mol. The van der Waals surface area contributed by atoms with Crippen LogP contribution < -0.4 is 15.6 Å². The van der Waals surface area contributed by atoms with Crippen LogP contribution in [0.15, 0.2) is 23.0 Å². The Morgan fingerprint density at radius 3 is 2.61 bits per heavy atom. The molecular weight excluding hydrogens is 500 g/mol. The van der Waals surface area contributed by atoms with Gasteiger partial charge >= 0.3 is 0 Å². The van der Waals surface area contributed by atoms with Crippen LogP contribution in [0.5, 0.6) is 0 Å². The quantitative estimate of drug-likeness (QED) is 0.403. The second kappa shape index (κ2) is 13.3. The maximum absolute atomic E-state index is 13.5. The van der Waals surface area contributed by atoms with Crippen molar-refractivity contribution < 1.29 is 9.53 Å². The Hall–Kier alpha value is -2.79. The molecule has 1 aliphatic heterocycles. The minimum absolute atomic E-state index is 0.0507. The van der Waals surface area contributed by atoms with E-state index in [1.165, 1.54) is 25.3 Å². The van der Waals surface area contributed by atoms with Gasteiger partial charge in [0.2, 0.25) is 0 Å². The van der Waals surface area contributed by atoms with Crippen molar-refractivity contribution in [2.75, 3.05) is 44.3 Å². The van der Waals surface area contributed by atoms with E-state index in [0.29, 0.717) is 29.4 Å². The van der Waals surface area contributed by atoms with Crippen molar-refractivity contribution in [2.24, 2.45) is 0 Å². The Kier molecular flexibility index (Phi) is 9.90. The summed E-state index contributed by atoms with van der Waals surface area (Å²) in [5.41, 5.74) is 4.23. The van der Waals surface area contributed by atoms with Gasteiger partial charge in [0.1, 0.15) is 5.15 Å². The second-order valence-corrected chi connectivity index (χ2v) is 10.6. The average molecular weight is 539 g/mol. The highest BCUT2D eigenvalue weighted by Gasteiger charge is 2.24. The zero-order valence-corrected chi connectivity index (χ0v) is 23.5. The Morgan fingerprint density at radius 1 is 1.18 bits per heavy atom.